The fourth-order valence-corrected chi connectivity index (χ4v) is 3.30. The predicted octanol–water partition coefficient (Wildman–Crippen LogP) is 3.87. The topological polar surface area (TPSA) is 78.0 Å². The normalized spacial score (nSPS) is 15.2. The van der Waals surface area contributed by atoms with E-state index in [0.717, 1.165) is 6.54 Å². The summed E-state index contributed by atoms with van der Waals surface area (Å²) in [5.41, 5.74) is 1.55. The molecule has 0 spiro atoms. The Hall–Kier alpha value is -1.55. The average Bonchev–Trinajstić information content (AvgIpc) is 3.14. The summed E-state index contributed by atoms with van der Waals surface area (Å²) in [6.45, 7) is 14.1. The summed E-state index contributed by atoms with van der Waals surface area (Å²) in [4.78, 5) is 18.8. The van der Waals surface area contributed by atoms with Crippen molar-refractivity contribution in [2.45, 2.75) is 71.7 Å². The number of nitrogens with one attached hydrogen (secondary N) is 3. The number of amides is 1. The standard InChI is InChI=1S/C23H39N5O2.HI/c1-22(2,3)30-21(29)27-23(4,5)17-26-20(24-6)25-15-18-9-11-19(12-10-18)16-28-13-7-8-14-28;/h9-12H,7-8,13-17H2,1-6H3,(H,27,29)(H2,24,25,26);1H. The van der Waals surface area contributed by atoms with Crippen molar-refractivity contribution in [3.05, 3.63) is 35.4 Å². The molecule has 7 nitrogen and oxygen atoms in total. The van der Waals surface area contributed by atoms with Crippen LogP contribution in [0.1, 0.15) is 58.6 Å². The SMILES string of the molecule is CN=C(NCc1ccc(CN2CCCC2)cc1)NCC(C)(C)NC(=O)OC(C)(C)C.I. The Morgan fingerprint density at radius 1 is 1.03 bits per heavy atom. The van der Waals surface area contributed by atoms with Gasteiger partial charge in [-0.25, -0.2) is 4.79 Å². The van der Waals surface area contributed by atoms with Gasteiger partial charge in [0.2, 0.25) is 0 Å². The van der Waals surface area contributed by atoms with E-state index in [1.165, 1.54) is 37.1 Å². The van der Waals surface area contributed by atoms with Gasteiger partial charge in [0.25, 0.3) is 0 Å². The lowest BCUT2D eigenvalue weighted by Gasteiger charge is -2.29. The van der Waals surface area contributed by atoms with Gasteiger partial charge in [-0.05, 0) is 71.7 Å². The Kier molecular flexibility index (Phi) is 11.1. The number of nitrogens with zero attached hydrogens (tertiary/aromatic N) is 2. The summed E-state index contributed by atoms with van der Waals surface area (Å²) in [6, 6.07) is 8.75. The molecule has 1 heterocycles. The summed E-state index contributed by atoms with van der Waals surface area (Å²) >= 11 is 0. The van der Waals surface area contributed by atoms with Gasteiger partial charge in [-0.1, -0.05) is 24.3 Å². The molecule has 3 N–H and O–H groups in total. The second-order valence-electron chi connectivity index (χ2n) is 9.59. The van der Waals surface area contributed by atoms with Crippen LogP contribution in [-0.2, 0) is 17.8 Å². The minimum Gasteiger partial charge on any atom is -0.444 e. The number of guanidine groups is 1. The van der Waals surface area contributed by atoms with Gasteiger partial charge in [-0.3, -0.25) is 9.89 Å². The molecular formula is C23H40IN5O2. The molecule has 1 saturated heterocycles. The fraction of sp³-hybridized carbons (Fsp3) is 0.652. The van der Waals surface area contributed by atoms with Crippen molar-refractivity contribution in [3.8, 4) is 0 Å². The van der Waals surface area contributed by atoms with Crippen molar-refractivity contribution in [2.24, 2.45) is 4.99 Å². The third kappa shape index (κ3) is 11.0. The van der Waals surface area contributed by atoms with Crippen LogP contribution in [0.2, 0.25) is 0 Å². The number of carbonyl (C=O) groups excluding carboxylic acids is 1. The number of benzene rings is 1. The fourth-order valence-electron chi connectivity index (χ4n) is 3.30. The second kappa shape index (κ2) is 12.5. The van der Waals surface area contributed by atoms with Crippen molar-refractivity contribution >= 4 is 36.0 Å². The zero-order valence-corrected chi connectivity index (χ0v) is 22.2. The molecule has 0 saturated carbocycles. The molecule has 1 aliphatic rings. The van der Waals surface area contributed by atoms with Gasteiger partial charge in [0, 0.05) is 26.7 Å². The maximum atomic E-state index is 12.0. The van der Waals surface area contributed by atoms with E-state index >= 15 is 0 Å². The number of aliphatic imine (C=N–C) groups is 1. The molecule has 0 bridgehead atoms. The number of hydrogen-bond acceptors (Lipinski definition) is 4. The molecule has 0 atom stereocenters. The number of likely N-dealkylation sites (tertiary alicyclic amines) is 1. The second-order valence-corrected chi connectivity index (χ2v) is 9.59. The van der Waals surface area contributed by atoms with Gasteiger partial charge in [0.05, 0.1) is 5.54 Å². The van der Waals surface area contributed by atoms with Crippen molar-refractivity contribution in [3.63, 3.8) is 0 Å². The van der Waals surface area contributed by atoms with Crippen LogP contribution in [0.25, 0.3) is 0 Å². The highest BCUT2D eigenvalue weighted by Gasteiger charge is 2.24. The average molecular weight is 546 g/mol. The van der Waals surface area contributed by atoms with Crippen LogP contribution in [0.5, 0.6) is 0 Å². The molecule has 0 unspecified atom stereocenters. The number of rotatable bonds is 7. The van der Waals surface area contributed by atoms with E-state index in [4.69, 9.17) is 4.74 Å². The molecule has 1 aromatic carbocycles. The molecule has 1 fully saturated rings. The highest BCUT2D eigenvalue weighted by atomic mass is 127. The molecule has 1 amide bonds. The molecule has 1 aliphatic heterocycles. The highest BCUT2D eigenvalue weighted by Crippen LogP contribution is 2.13. The number of ether oxygens (including phenoxy) is 1. The molecule has 176 valence electrons. The highest BCUT2D eigenvalue weighted by molar-refractivity contribution is 14.0. The zero-order valence-electron chi connectivity index (χ0n) is 19.9. The molecule has 8 heteroatoms. The van der Waals surface area contributed by atoms with Crippen LogP contribution in [0.15, 0.2) is 29.3 Å². The van der Waals surface area contributed by atoms with Crippen molar-refractivity contribution < 1.29 is 9.53 Å². The smallest absolute Gasteiger partial charge is 0.408 e. The van der Waals surface area contributed by atoms with Gasteiger partial charge in [-0.15, -0.1) is 24.0 Å². The molecule has 0 aliphatic carbocycles. The summed E-state index contributed by atoms with van der Waals surface area (Å²) in [5.74, 6) is 0.690. The Bertz CT molecular complexity index is 708. The zero-order chi connectivity index (χ0) is 22.2. The Labute approximate surface area is 204 Å². The Morgan fingerprint density at radius 2 is 1.61 bits per heavy atom. The molecule has 31 heavy (non-hydrogen) atoms. The van der Waals surface area contributed by atoms with E-state index in [-0.39, 0.29) is 24.0 Å². The third-order valence-electron chi connectivity index (χ3n) is 4.85. The molecule has 1 aromatic rings. The third-order valence-corrected chi connectivity index (χ3v) is 4.85. The number of halogens is 1. The van der Waals surface area contributed by atoms with Crippen LogP contribution < -0.4 is 16.0 Å². The number of alkyl carbamates (subject to hydrolysis) is 1. The van der Waals surface area contributed by atoms with Crippen molar-refractivity contribution in [2.75, 3.05) is 26.7 Å². The lowest BCUT2D eigenvalue weighted by atomic mass is 10.1. The molecule has 2 rings (SSSR count). The van der Waals surface area contributed by atoms with Crippen LogP contribution in [-0.4, -0.2) is 54.8 Å². The van der Waals surface area contributed by atoms with E-state index in [0.29, 0.717) is 19.0 Å². The Morgan fingerprint density at radius 3 is 2.16 bits per heavy atom. The summed E-state index contributed by atoms with van der Waals surface area (Å²) in [7, 11) is 1.74. The van der Waals surface area contributed by atoms with Gasteiger partial charge < -0.3 is 20.7 Å². The quantitative estimate of drug-likeness (QED) is 0.276. The van der Waals surface area contributed by atoms with Gasteiger partial charge in [0.1, 0.15) is 5.60 Å². The molecule has 0 radical (unpaired) electrons. The van der Waals surface area contributed by atoms with Gasteiger partial charge in [-0.2, -0.15) is 0 Å². The molecular weight excluding hydrogens is 505 g/mol. The monoisotopic (exact) mass is 545 g/mol. The Balaban J connectivity index is 0.00000480. The summed E-state index contributed by atoms with van der Waals surface area (Å²) in [5, 5.41) is 9.49. The maximum Gasteiger partial charge on any atom is 0.408 e. The first kappa shape index (κ1) is 27.5. The largest absolute Gasteiger partial charge is 0.444 e. The van der Waals surface area contributed by atoms with E-state index in [2.05, 4.69) is 50.1 Å². The van der Waals surface area contributed by atoms with E-state index in [1.807, 2.05) is 34.6 Å². The van der Waals surface area contributed by atoms with Crippen LogP contribution in [0.3, 0.4) is 0 Å². The van der Waals surface area contributed by atoms with E-state index < -0.39 is 17.2 Å². The first-order valence-corrected chi connectivity index (χ1v) is 10.8. The lowest BCUT2D eigenvalue weighted by molar-refractivity contribution is 0.0474. The van der Waals surface area contributed by atoms with Crippen LogP contribution in [0, 0.1) is 0 Å². The molecule has 0 aromatic heterocycles. The van der Waals surface area contributed by atoms with E-state index in [1.54, 1.807) is 7.05 Å². The minimum atomic E-state index is -0.519. The van der Waals surface area contributed by atoms with Gasteiger partial charge >= 0.3 is 6.09 Å². The summed E-state index contributed by atoms with van der Waals surface area (Å²) < 4.78 is 5.34. The predicted molar refractivity (Wildman–Crippen MR) is 138 cm³/mol. The van der Waals surface area contributed by atoms with Crippen molar-refractivity contribution in [1.82, 2.24) is 20.9 Å². The summed E-state index contributed by atoms with van der Waals surface area (Å²) in [6.07, 6.45) is 2.21. The van der Waals surface area contributed by atoms with Crippen LogP contribution >= 0.6 is 24.0 Å². The van der Waals surface area contributed by atoms with E-state index in [9.17, 15) is 4.79 Å². The van der Waals surface area contributed by atoms with Crippen LogP contribution in [0.4, 0.5) is 4.79 Å². The van der Waals surface area contributed by atoms with Gasteiger partial charge in [0.15, 0.2) is 5.96 Å². The number of hydrogen-bond donors (Lipinski definition) is 3. The first-order valence-electron chi connectivity index (χ1n) is 10.8. The minimum absolute atomic E-state index is 0. The van der Waals surface area contributed by atoms with Crippen molar-refractivity contribution in [1.29, 1.82) is 0 Å². The first-order chi connectivity index (χ1) is 14.1. The lowest BCUT2D eigenvalue weighted by Crippen LogP contribution is -2.54. The number of carbonyl (C=O) groups is 1. The maximum absolute atomic E-state index is 12.0.